The van der Waals surface area contributed by atoms with Gasteiger partial charge in [-0.15, -0.1) is 0 Å². The molecule has 1 unspecified atom stereocenters. The molecule has 4 nitrogen and oxygen atoms in total. The number of halogens is 3. The maximum Gasteiger partial charge on any atom is 0.387 e. The van der Waals surface area contributed by atoms with Crippen LogP contribution >= 0.6 is 0 Å². The number of hydrogen-bond donors (Lipinski definition) is 1. The molecule has 0 bridgehead atoms. The van der Waals surface area contributed by atoms with Crippen molar-refractivity contribution in [3.05, 3.63) is 24.0 Å². The van der Waals surface area contributed by atoms with Crippen molar-refractivity contribution in [3.8, 4) is 5.75 Å². The molecule has 0 aliphatic rings. The first-order valence-electron chi connectivity index (χ1n) is 5.54. The van der Waals surface area contributed by atoms with Crippen molar-refractivity contribution in [1.82, 2.24) is 0 Å². The average Bonchev–Trinajstić information content (AvgIpc) is 2.33. The summed E-state index contributed by atoms with van der Waals surface area (Å²) in [5.41, 5.74) is 0.408. The van der Waals surface area contributed by atoms with Crippen LogP contribution in [0.15, 0.2) is 18.2 Å². The Morgan fingerprint density at radius 2 is 1.79 bits per heavy atom. The highest BCUT2D eigenvalue weighted by Gasteiger charge is 2.16. The molecular weight excluding hydrogens is 263 g/mol. The van der Waals surface area contributed by atoms with Crippen LogP contribution < -0.4 is 10.1 Å². The second-order valence-corrected chi connectivity index (χ2v) is 3.80. The number of alkyl halides is 2. The minimum absolute atomic E-state index is 0.253. The molecule has 108 valence electrons. The van der Waals surface area contributed by atoms with Crippen molar-refractivity contribution in [1.29, 1.82) is 0 Å². The fourth-order valence-electron chi connectivity index (χ4n) is 1.62. The highest BCUT2D eigenvalue weighted by molar-refractivity contribution is 5.48. The molecule has 1 aromatic rings. The third kappa shape index (κ3) is 4.60. The maximum absolute atomic E-state index is 13.5. The predicted octanol–water partition coefficient (Wildman–Crippen LogP) is 2.85. The van der Waals surface area contributed by atoms with Gasteiger partial charge in [-0.2, -0.15) is 8.78 Å². The fourth-order valence-corrected chi connectivity index (χ4v) is 1.62. The van der Waals surface area contributed by atoms with Gasteiger partial charge in [0.2, 0.25) is 0 Å². The molecule has 0 aliphatic heterocycles. The summed E-state index contributed by atoms with van der Waals surface area (Å²) in [5, 5.41) is 2.93. The zero-order chi connectivity index (χ0) is 14.4. The number of anilines is 1. The van der Waals surface area contributed by atoms with Crippen LogP contribution in [-0.4, -0.2) is 33.2 Å². The van der Waals surface area contributed by atoms with Gasteiger partial charge in [0.25, 0.3) is 0 Å². The highest BCUT2D eigenvalue weighted by Crippen LogP contribution is 2.23. The molecule has 0 fully saturated rings. The monoisotopic (exact) mass is 279 g/mol. The van der Waals surface area contributed by atoms with Crippen LogP contribution in [0.2, 0.25) is 0 Å². The molecule has 0 amide bonds. The van der Waals surface area contributed by atoms with E-state index in [4.69, 9.17) is 9.47 Å². The lowest BCUT2D eigenvalue weighted by Gasteiger charge is -2.23. The van der Waals surface area contributed by atoms with E-state index in [2.05, 4.69) is 10.1 Å². The molecule has 1 atom stereocenters. The Bertz CT molecular complexity index is 400. The van der Waals surface area contributed by atoms with Gasteiger partial charge in [0.15, 0.2) is 17.9 Å². The second-order valence-electron chi connectivity index (χ2n) is 3.80. The minimum Gasteiger partial charge on any atom is -0.432 e. The van der Waals surface area contributed by atoms with E-state index in [0.717, 1.165) is 12.1 Å². The van der Waals surface area contributed by atoms with E-state index < -0.39 is 24.5 Å². The van der Waals surface area contributed by atoms with Crippen molar-refractivity contribution in [3.63, 3.8) is 0 Å². The Morgan fingerprint density at radius 3 is 2.26 bits per heavy atom. The number of methoxy groups -OCH3 is 2. The number of hydrogen-bond acceptors (Lipinski definition) is 4. The van der Waals surface area contributed by atoms with Gasteiger partial charge >= 0.3 is 6.61 Å². The number of nitrogens with one attached hydrogen (secondary N) is 1. The quantitative estimate of drug-likeness (QED) is 0.779. The third-order valence-corrected chi connectivity index (χ3v) is 2.42. The van der Waals surface area contributed by atoms with Gasteiger partial charge in [-0.3, -0.25) is 0 Å². The Labute approximate surface area is 109 Å². The standard InChI is InChI=1S/C12H16F3NO3/c1-7(11(17-2)18-3)16-8-4-5-10(9(13)6-8)19-12(14)15/h4-7,11-12,16H,1-3H3. The summed E-state index contributed by atoms with van der Waals surface area (Å²) < 4.78 is 51.5. The molecule has 1 aromatic carbocycles. The lowest BCUT2D eigenvalue weighted by atomic mass is 10.2. The Hall–Kier alpha value is -1.47. The molecule has 0 heterocycles. The molecular formula is C12H16F3NO3. The van der Waals surface area contributed by atoms with E-state index in [1.54, 1.807) is 6.92 Å². The Balaban J connectivity index is 2.72. The van der Waals surface area contributed by atoms with Crippen LogP contribution in [0.3, 0.4) is 0 Å². The Morgan fingerprint density at radius 1 is 1.16 bits per heavy atom. The number of rotatable bonds is 7. The zero-order valence-electron chi connectivity index (χ0n) is 10.8. The predicted molar refractivity (Wildman–Crippen MR) is 63.9 cm³/mol. The van der Waals surface area contributed by atoms with Crippen LogP contribution in [0.5, 0.6) is 5.75 Å². The van der Waals surface area contributed by atoms with Gasteiger partial charge in [-0.25, -0.2) is 4.39 Å². The first kappa shape index (κ1) is 15.6. The molecule has 7 heteroatoms. The second kappa shape index (κ2) is 7.20. The summed E-state index contributed by atoms with van der Waals surface area (Å²) in [6, 6.07) is 3.37. The van der Waals surface area contributed by atoms with E-state index >= 15 is 0 Å². The van der Waals surface area contributed by atoms with Crippen molar-refractivity contribution < 1.29 is 27.4 Å². The van der Waals surface area contributed by atoms with Crippen LogP contribution in [0.4, 0.5) is 18.9 Å². The normalized spacial score (nSPS) is 12.8. The van der Waals surface area contributed by atoms with E-state index in [9.17, 15) is 13.2 Å². The van der Waals surface area contributed by atoms with Crippen LogP contribution in [0.25, 0.3) is 0 Å². The number of benzene rings is 1. The third-order valence-electron chi connectivity index (χ3n) is 2.42. The van der Waals surface area contributed by atoms with Crippen LogP contribution in [0.1, 0.15) is 6.92 Å². The fraction of sp³-hybridized carbons (Fsp3) is 0.500. The summed E-state index contributed by atoms with van der Waals surface area (Å²) in [7, 11) is 2.96. The van der Waals surface area contributed by atoms with Gasteiger partial charge in [0.1, 0.15) is 0 Å². The van der Waals surface area contributed by atoms with E-state index in [0.29, 0.717) is 5.69 Å². The van der Waals surface area contributed by atoms with E-state index in [1.807, 2.05) is 0 Å². The van der Waals surface area contributed by atoms with E-state index in [1.165, 1.54) is 20.3 Å². The molecule has 0 aromatic heterocycles. The molecule has 1 N–H and O–H groups in total. The van der Waals surface area contributed by atoms with Crippen molar-refractivity contribution in [2.24, 2.45) is 0 Å². The summed E-state index contributed by atoms with van der Waals surface area (Å²) in [6.45, 7) is -1.28. The van der Waals surface area contributed by atoms with Gasteiger partial charge in [-0.1, -0.05) is 0 Å². The first-order valence-corrected chi connectivity index (χ1v) is 5.54. The molecule has 1 rings (SSSR count). The summed E-state index contributed by atoms with van der Waals surface area (Å²) in [6.07, 6.45) is -0.514. The lowest BCUT2D eigenvalue weighted by Crippen LogP contribution is -2.33. The van der Waals surface area contributed by atoms with Crippen molar-refractivity contribution in [2.45, 2.75) is 25.9 Å². The van der Waals surface area contributed by atoms with Gasteiger partial charge in [-0.05, 0) is 19.1 Å². The molecule has 0 radical (unpaired) electrons. The largest absolute Gasteiger partial charge is 0.432 e. The lowest BCUT2D eigenvalue weighted by molar-refractivity contribution is -0.109. The van der Waals surface area contributed by atoms with Crippen molar-refractivity contribution >= 4 is 5.69 Å². The van der Waals surface area contributed by atoms with Crippen molar-refractivity contribution in [2.75, 3.05) is 19.5 Å². The molecule has 0 aliphatic carbocycles. The average molecular weight is 279 g/mol. The number of ether oxygens (including phenoxy) is 3. The van der Waals surface area contributed by atoms with Gasteiger partial charge in [0.05, 0.1) is 6.04 Å². The zero-order valence-corrected chi connectivity index (χ0v) is 10.8. The SMILES string of the molecule is COC(OC)C(C)Nc1ccc(OC(F)F)c(F)c1. The maximum atomic E-state index is 13.5. The molecule has 0 saturated heterocycles. The smallest absolute Gasteiger partial charge is 0.387 e. The summed E-state index contributed by atoms with van der Waals surface area (Å²) in [5.74, 6) is -1.37. The first-order chi connectivity index (χ1) is 8.97. The van der Waals surface area contributed by atoms with Gasteiger partial charge in [0, 0.05) is 26.0 Å². The van der Waals surface area contributed by atoms with E-state index in [-0.39, 0.29) is 6.04 Å². The highest BCUT2D eigenvalue weighted by atomic mass is 19.3. The summed E-state index contributed by atoms with van der Waals surface area (Å²) >= 11 is 0. The minimum atomic E-state index is -3.06. The topological polar surface area (TPSA) is 39.7 Å². The Kier molecular flexibility index (Phi) is 5.91. The van der Waals surface area contributed by atoms with Crippen LogP contribution in [0, 0.1) is 5.82 Å². The molecule has 0 saturated carbocycles. The van der Waals surface area contributed by atoms with Gasteiger partial charge < -0.3 is 19.5 Å². The summed E-state index contributed by atoms with van der Waals surface area (Å²) in [4.78, 5) is 0. The van der Waals surface area contributed by atoms with Crippen LogP contribution in [-0.2, 0) is 9.47 Å². The molecule has 0 spiro atoms. The molecule has 19 heavy (non-hydrogen) atoms.